The number of ether oxygens (including phenoxy) is 2. The second-order valence-corrected chi connectivity index (χ2v) is 4.23. The molecule has 0 aliphatic heterocycles. The Hall–Kier alpha value is -2.83. The van der Waals surface area contributed by atoms with Crippen LogP contribution in [-0.4, -0.2) is 34.4 Å². The van der Waals surface area contributed by atoms with E-state index in [-0.39, 0.29) is 5.69 Å². The van der Waals surface area contributed by atoms with Crippen molar-refractivity contribution in [1.82, 2.24) is 14.7 Å². The number of methoxy groups -OCH3 is 1. The van der Waals surface area contributed by atoms with E-state index in [1.165, 1.54) is 6.33 Å². The number of nitrogens with zero attached hydrogens (tertiary/aromatic N) is 3. The zero-order valence-electron chi connectivity index (χ0n) is 11.6. The number of benzene rings is 1. The van der Waals surface area contributed by atoms with Crippen molar-refractivity contribution in [3.63, 3.8) is 0 Å². The average molecular weight is 287 g/mol. The topological polar surface area (TPSA) is 79.4 Å². The Kier molecular flexibility index (Phi) is 3.31. The van der Waals surface area contributed by atoms with Crippen molar-refractivity contribution in [2.45, 2.75) is 6.92 Å². The van der Waals surface area contributed by atoms with Crippen LogP contribution in [-0.2, 0) is 4.74 Å². The first-order chi connectivity index (χ1) is 10.2. The van der Waals surface area contributed by atoms with Gasteiger partial charge in [0.2, 0.25) is 5.58 Å². The summed E-state index contributed by atoms with van der Waals surface area (Å²) in [6.07, 6.45) is 3.04. The second-order valence-electron chi connectivity index (χ2n) is 4.23. The third kappa shape index (κ3) is 2.22. The van der Waals surface area contributed by atoms with Gasteiger partial charge in [-0.1, -0.05) is 11.2 Å². The van der Waals surface area contributed by atoms with Gasteiger partial charge in [0.25, 0.3) is 0 Å². The Morgan fingerprint density at radius 1 is 1.43 bits per heavy atom. The number of hydrogen-bond acceptors (Lipinski definition) is 6. The third-order valence-corrected chi connectivity index (χ3v) is 2.97. The summed E-state index contributed by atoms with van der Waals surface area (Å²) in [6.45, 7) is 2.04. The largest absolute Gasteiger partial charge is 0.493 e. The number of carbonyl (C=O) groups is 1. The van der Waals surface area contributed by atoms with E-state index in [2.05, 4.69) is 10.1 Å². The van der Waals surface area contributed by atoms with Gasteiger partial charge in [-0.05, 0) is 19.1 Å². The molecular formula is C14H13N3O4. The zero-order valence-corrected chi connectivity index (χ0v) is 11.6. The molecule has 0 atom stereocenters. The number of imidazole rings is 1. The molecule has 0 saturated heterocycles. The Labute approximate surface area is 120 Å². The van der Waals surface area contributed by atoms with Crippen LogP contribution in [0, 0.1) is 0 Å². The van der Waals surface area contributed by atoms with E-state index in [9.17, 15) is 4.79 Å². The van der Waals surface area contributed by atoms with Crippen molar-refractivity contribution >= 4 is 16.9 Å². The Bertz CT molecular complexity index is 790. The number of rotatable bonds is 4. The summed E-state index contributed by atoms with van der Waals surface area (Å²) in [6, 6.07) is 5.48. The van der Waals surface area contributed by atoms with Gasteiger partial charge >= 0.3 is 5.97 Å². The molecule has 0 aliphatic rings. The lowest BCUT2D eigenvalue weighted by Gasteiger charge is -1.99. The van der Waals surface area contributed by atoms with Crippen LogP contribution in [0.2, 0.25) is 0 Å². The fourth-order valence-electron chi connectivity index (χ4n) is 2.02. The van der Waals surface area contributed by atoms with Gasteiger partial charge in [0.1, 0.15) is 6.33 Å². The molecule has 0 bridgehead atoms. The minimum atomic E-state index is -0.471. The minimum absolute atomic E-state index is 0.218. The number of aromatic nitrogens is 3. The molecule has 3 rings (SSSR count). The summed E-state index contributed by atoms with van der Waals surface area (Å²) < 4.78 is 17.0. The first-order valence-corrected chi connectivity index (χ1v) is 6.38. The third-order valence-electron chi connectivity index (χ3n) is 2.97. The Balaban J connectivity index is 2.03. The Morgan fingerprint density at radius 3 is 3.05 bits per heavy atom. The molecule has 0 saturated carbocycles. The molecule has 7 heteroatoms. The van der Waals surface area contributed by atoms with E-state index in [0.717, 1.165) is 5.39 Å². The van der Waals surface area contributed by atoms with Crippen molar-refractivity contribution in [3.05, 3.63) is 36.4 Å². The zero-order chi connectivity index (χ0) is 14.8. The molecule has 3 aromatic rings. The molecule has 0 unspecified atom stereocenters. The van der Waals surface area contributed by atoms with Crippen LogP contribution >= 0.6 is 0 Å². The van der Waals surface area contributed by atoms with Crippen LogP contribution in [0.1, 0.15) is 17.4 Å². The first kappa shape index (κ1) is 13.2. The normalized spacial score (nSPS) is 10.8. The van der Waals surface area contributed by atoms with Crippen molar-refractivity contribution in [3.8, 4) is 11.6 Å². The van der Waals surface area contributed by atoms with Crippen LogP contribution in [0.4, 0.5) is 0 Å². The molecule has 108 valence electrons. The predicted octanol–water partition coefficient (Wildman–Crippen LogP) is 2.20. The summed E-state index contributed by atoms with van der Waals surface area (Å²) in [5.74, 6) is 0.658. The maximum absolute atomic E-state index is 11.6. The molecule has 7 nitrogen and oxygen atoms in total. The lowest BCUT2D eigenvalue weighted by Crippen LogP contribution is -2.04. The van der Waals surface area contributed by atoms with Gasteiger partial charge in [0, 0.05) is 6.20 Å². The van der Waals surface area contributed by atoms with Gasteiger partial charge < -0.3 is 14.0 Å². The maximum Gasteiger partial charge on any atom is 0.358 e. The first-order valence-electron chi connectivity index (χ1n) is 6.38. The highest BCUT2D eigenvalue weighted by atomic mass is 16.5. The average Bonchev–Trinajstić information content (AvgIpc) is 3.13. The molecular weight excluding hydrogens is 274 g/mol. The van der Waals surface area contributed by atoms with E-state index in [1.54, 1.807) is 30.9 Å². The molecule has 2 aromatic heterocycles. The van der Waals surface area contributed by atoms with E-state index >= 15 is 0 Å². The van der Waals surface area contributed by atoms with Gasteiger partial charge in [-0.15, -0.1) is 0 Å². The highest BCUT2D eigenvalue weighted by Gasteiger charge is 2.16. The van der Waals surface area contributed by atoms with Crippen LogP contribution in [0.15, 0.2) is 35.2 Å². The van der Waals surface area contributed by atoms with Crippen molar-refractivity contribution in [2.75, 3.05) is 13.7 Å². The van der Waals surface area contributed by atoms with E-state index < -0.39 is 5.97 Å². The molecule has 2 heterocycles. The molecule has 0 radical (unpaired) electrons. The summed E-state index contributed by atoms with van der Waals surface area (Å²) >= 11 is 0. The number of hydrogen-bond donors (Lipinski definition) is 0. The van der Waals surface area contributed by atoms with Gasteiger partial charge in [0.05, 0.1) is 19.1 Å². The molecule has 0 amide bonds. The van der Waals surface area contributed by atoms with Gasteiger partial charge in [-0.25, -0.2) is 9.78 Å². The smallest absolute Gasteiger partial charge is 0.358 e. The standard InChI is InChI=1S/C14H13N3O4/c1-3-20-14(18)10-7-17(8-15-10)13-9-5-4-6-11(19-2)12(9)21-16-13/h4-8H,3H2,1-2H3. The molecule has 0 aliphatic carbocycles. The molecule has 1 aromatic carbocycles. The fourth-order valence-corrected chi connectivity index (χ4v) is 2.02. The van der Waals surface area contributed by atoms with Crippen molar-refractivity contribution < 1.29 is 18.8 Å². The lowest BCUT2D eigenvalue weighted by molar-refractivity contribution is 0.0520. The second kappa shape index (κ2) is 5.28. The fraction of sp³-hybridized carbons (Fsp3) is 0.214. The summed E-state index contributed by atoms with van der Waals surface area (Å²) in [5.41, 5.74) is 0.761. The van der Waals surface area contributed by atoms with Crippen LogP contribution < -0.4 is 4.74 Å². The molecule has 0 fully saturated rings. The van der Waals surface area contributed by atoms with Crippen molar-refractivity contribution in [2.24, 2.45) is 0 Å². The quantitative estimate of drug-likeness (QED) is 0.684. The summed E-state index contributed by atoms with van der Waals surface area (Å²) in [5, 5.41) is 4.77. The van der Waals surface area contributed by atoms with Crippen molar-refractivity contribution in [1.29, 1.82) is 0 Å². The number of esters is 1. The summed E-state index contributed by atoms with van der Waals surface area (Å²) in [7, 11) is 1.56. The Morgan fingerprint density at radius 2 is 2.29 bits per heavy atom. The predicted molar refractivity (Wildman–Crippen MR) is 73.6 cm³/mol. The van der Waals surface area contributed by atoms with Gasteiger partial charge in [0.15, 0.2) is 17.3 Å². The molecule has 21 heavy (non-hydrogen) atoms. The van der Waals surface area contributed by atoms with E-state index in [4.69, 9.17) is 14.0 Å². The monoisotopic (exact) mass is 287 g/mol. The summed E-state index contributed by atoms with van der Waals surface area (Å²) in [4.78, 5) is 15.6. The maximum atomic E-state index is 11.6. The minimum Gasteiger partial charge on any atom is -0.493 e. The van der Waals surface area contributed by atoms with Crippen LogP contribution in [0.5, 0.6) is 5.75 Å². The van der Waals surface area contributed by atoms with Gasteiger partial charge in [-0.3, -0.25) is 4.57 Å². The number of para-hydroxylation sites is 1. The highest BCUT2D eigenvalue weighted by Crippen LogP contribution is 2.29. The van der Waals surface area contributed by atoms with E-state index in [1.807, 2.05) is 12.1 Å². The molecule has 0 spiro atoms. The van der Waals surface area contributed by atoms with E-state index in [0.29, 0.717) is 23.8 Å². The SMILES string of the molecule is CCOC(=O)c1cn(-c2noc3c(OC)cccc23)cn1. The number of fused-ring (bicyclic) bond motifs is 1. The van der Waals surface area contributed by atoms with Crippen LogP contribution in [0.3, 0.4) is 0 Å². The number of carbonyl (C=O) groups excluding carboxylic acids is 1. The highest BCUT2D eigenvalue weighted by molar-refractivity contribution is 5.90. The molecule has 0 N–H and O–H groups in total. The van der Waals surface area contributed by atoms with Crippen LogP contribution in [0.25, 0.3) is 16.8 Å². The lowest BCUT2D eigenvalue weighted by atomic mass is 10.2. The van der Waals surface area contributed by atoms with Gasteiger partial charge in [-0.2, -0.15) is 0 Å².